The maximum Gasteiger partial charge on any atom is 0.258 e. The Morgan fingerprint density at radius 2 is 2.33 bits per heavy atom. The highest BCUT2D eigenvalue weighted by molar-refractivity contribution is 7.89. The van der Waals surface area contributed by atoms with Crippen molar-refractivity contribution >= 4 is 10.0 Å². The van der Waals surface area contributed by atoms with Gasteiger partial charge in [-0.2, -0.15) is 5.10 Å². The molecule has 0 unspecified atom stereocenters. The lowest BCUT2D eigenvalue weighted by Crippen LogP contribution is -2.48. The van der Waals surface area contributed by atoms with Crippen LogP contribution in [0.15, 0.2) is 11.1 Å². The Hall–Kier alpha value is -0.960. The van der Waals surface area contributed by atoms with Crippen LogP contribution in [0.2, 0.25) is 0 Å². The van der Waals surface area contributed by atoms with E-state index in [0.717, 1.165) is 0 Å². The van der Waals surface area contributed by atoms with E-state index in [1.807, 2.05) is 0 Å². The van der Waals surface area contributed by atoms with Crippen LogP contribution in [-0.4, -0.2) is 48.7 Å². The molecule has 0 bridgehead atoms. The van der Waals surface area contributed by atoms with E-state index in [-0.39, 0.29) is 11.6 Å². The summed E-state index contributed by atoms with van der Waals surface area (Å²) in [5.74, 6) is 0. The monoisotopic (exact) mass is 275 g/mol. The van der Waals surface area contributed by atoms with E-state index in [1.165, 1.54) is 10.7 Å². The van der Waals surface area contributed by atoms with E-state index in [4.69, 9.17) is 4.74 Å². The minimum atomic E-state index is -3.67. The fourth-order valence-electron chi connectivity index (χ4n) is 1.96. The lowest BCUT2D eigenvalue weighted by Gasteiger charge is -2.28. The summed E-state index contributed by atoms with van der Waals surface area (Å²) in [5, 5.41) is 13.8. The van der Waals surface area contributed by atoms with Crippen LogP contribution in [0.5, 0.6) is 0 Å². The Labute approximate surface area is 106 Å². The highest BCUT2D eigenvalue weighted by Gasteiger charge is 2.30. The van der Waals surface area contributed by atoms with Crippen LogP contribution in [0.1, 0.15) is 12.1 Å². The van der Waals surface area contributed by atoms with Gasteiger partial charge in [0.2, 0.25) is 0 Å². The molecule has 1 aromatic rings. The molecule has 1 aliphatic rings. The molecule has 1 fully saturated rings. The van der Waals surface area contributed by atoms with Gasteiger partial charge in [-0.25, -0.2) is 13.1 Å². The smallest absolute Gasteiger partial charge is 0.258 e. The van der Waals surface area contributed by atoms with E-state index in [0.29, 0.717) is 18.7 Å². The van der Waals surface area contributed by atoms with E-state index in [9.17, 15) is 13.5 Å². The molecular formula is C10H17N3O4S. The average Bonchev–Trinajstić information content (AvgIpc) is 2.62. The number of ether oxygens (including phenoxy) is 1. The lowest BCUT2D eigenvalue weighted by atomic mass is 10.1. The van der Waals surface area contributed by atoms with Gasteiger partial charge in [0.15, 0.2) is 5.03 Å². The molecule has 0 radical (unpaired) electrons. The molecule has 0 aliphatic carbocycles. The number of nitrogens with zero attached hydrogens (tertiary/aromatic N) is 2. The summed E-state index contributed by atoms with van der Waals surface area (Å²) in [6.45, 7) is 2.31. The van der Waals surface area contributed by atoms with Crippen molar-refractivity contribution in [2.45, 2.75) is 30.5 Å². The largest absolute Gasteiger partial charge is 0.389 e. The van der Waals surface area contributed by atoms with Crippen molar-refractivity contribution in [3.8, 4) is 0 Å². The molecule has 7 nitrogen and oxygen atoms in total. The molecule has 102 valence electrons. The number of aryl methyl sites for hydroxylation is 2. The second-order valence-corrected chi connectivity index (χ2v) is 6.07. The minimum Gasteiger partial charge on any atom is -0.389 e. The molecule has 0 amide bonds. The van der Waals surface area contributed by atoms with Gasteiger partial charge in [0.05, 0.1) is 24.4 Å². The fraction of sp³-hybridized carbons (Fsp3) is 0.700. The molecule has 0 spiro atoms. The average molecular weight is 275 g/mol. The molecule has 1 aromatic heterocycles. The molecule has 0 saturated carbocycles. The van der Waals surface area contributed by atoms with Gasteiger partial charge in [0, 0.05) is 13.7 Å². The Kier molecular flexibility index (Phi) is 3.71. The van der Waals surface area contributed by atoms with Gasteiger partial charge >= 0.3 is 0 Å². The first kappa shape index (κ1) is 13.5. The third-order valence-electron chi connectivity index (χ3n) is 2.87. The Morgan fingerprint density at radius 3 is 2.89 bits per heavy atom. The van der Waals surface area contributed by atoms with E-state index < -0.39 is 22.2 Å². The first-order chi connectivity index (χ1) is 8.40. The molecular weight excluding hydrogens is 258 g/mol. The number of hydrogen-bond donors (Lipinski definition) is 2. The quantitative estimate of drug-likeness (QED) is 0.750. The molecule has 2 atom stereocenters. The Morgan fingerprint density at radius 1 is 1.61 bits per heavy atom. The maximum atomic E-state index is 12.2. The van der Waals surface area contributed by atoms with Crippen LogP contribution in [0.25, 0.3) is 0 Å². The first-order valence-corrected chi connectivity index (χ1v) is 7.17. The van der Waals surface area contributed by atoms with E-state index in [1.54, 1.807) is 14.0 Å². The molecule has 0 aromatic carbocycles. The summed E-state index contributed by atoms with van der Waals surface area (Å²) in [6.07, 6.45) is -0.361. The van der Waals surface area contributed by atoms with Gasteiger partial charge in [-0.05, 0) is 19.4 Å². The highest BCUT2D eigenvalue weighted by atomic mass is 32.2. The summed E-state index contributed by atoms with van der Waals surface area (Å²) in [7, 11) is -2.10. The predicted octanol–water partition coefficient (Wildman–Crippen LogP) is -0.843. The topological polar surface area (TPSA) is 93.5 Å². The zero-order chi connectivity index (χ0) is 13.3. The van der Waals surface area contributed by atoms with Crippen molar-refractivity contribution < 1.29 is 18.3 Å². The Bertz CT molecular complexity index is 525. The third-order valence-corrected chi connectivity index (χ3v) is 4.41. The number of sulfonamides is 1. The number of rotatable bonds is 3. The van der Waals surface area contributed by atoms with Gasteiger partial charge in [-0.3, -0.25) is 4.68 Å². The summed E-state index contributed by atoms with van der Waals surface area (Å²) in [4.78, 5) is 0. The molecule has 2 heterocycles. The molecule has 2 rings (SSSR count). The Balaban J connectivity index is 2.19. The van der Waals surface area contributed by atoms with Crippen molar-refractivity contribution in [3.05, 3.63) is 11.8 Å². The molecule has 1 aliphatic heterocycles. The third kappa shape index (κ3) is 2.72. The molecule has 2 N–H and O–H groups in total. The van der Waals surface area contributed by atoms with Crippen LogP contribution in [0.3, 0.4) is 0 Å². The molecule has 8 heteroatoms. The highest BCUT2D eigenvalue weighted by Crippen LogP contribution is 2.14. The van der Waals surface area contributed by atoms with Crippen LogP contribution < -0.4 is 4.72 Å². The van der Waals surface area contributed by atoms with Crippen molar-refractivity contribution in [2.24, 2.45) is 7.05 Å². The van der Waals surface area contributed by atoms with E-state index >= 15 is 0 Å². The van der Waals surface area contributed by atoms with Gasteiger partial charge in [0.1, 0.15) is 0 Å². The molecule has 18 heavy (non-hydrogen) atoms. The maximum absolute atomic E-state index is 12.2. The minimum absolute atomic E-state index is 0.0960. The van der Waals surface area contributed by atoms with Crippen LogP contribution in [-0.2, 0) is 21.8 Å². The second kappa shape index (κ2) is 4.96. The van der Waals surface area contributed by atoms with Crippen LogP contribution >= 0.6 is 0 Å². The van der Waals surface area contributed by atoms with Gasteiger partial charge < -0.3 is 9.84 Å². The lowest BCUT2D eigenvalue weighted by molar-refractivity contribution is -0.0222. The van der Waals surface area contributed by atoms with Crippen molar-refractivity contribution in [2.75, 3.05) is 13.2 Å². The standard InChI is InChI=1S/C10H17N3O4S/c1-7-5-10(13(2)11-7)18(15,16)12-8-3-4-17-6-9(8)14/h5,8-9,12,14H,3-4,6H2,1-2H3/t8-,9-/m1/s1. The first-order valence-electron chi connectivity index (χ1n) is 5.69. The summed E-state index contributed by atoms with van der Waals surface area (Å²) >= 11 is 0. The zero-order valence-electron chi connectivity index (χ0n) is 10.3. The van der Waals surface area contributed by atoms with E-state index in [2.05, 4.69) is 9.82 Å². The number of nitrogens with one attached hydrogen (secondary N) is 1. The summed E-state index contributed by atoms with van der Waals surface area (Å²) in [6, 6.07) is 0.979. The van der Waals surface area contributed by atoms with Crippen molar-refractivity contribution in [1.29, 1.82) is 0 Å². The van der Waals surface area contributed by atoms with Crippen LogP contribution in [0, 0.1) is 6.92 Å². The second-order valence-electron chi connectivity index (χ2n) is 4.41. The number of aliphatic hydroxyl groups excluding tert-OH is 1. The summed E-state index contributed by atoms with van der Waals surface area (Å²) < 4.78 is 33.2. The van der Waals surface area contributed by atoms with Gasteiger partial charge in [-0.1, -0.05) is 0 Å². The fourth-order valence-corrected chi connectivity index (χ4v) is 3.47. The number of hydrogen-bond acceptors (Lipinski definition) is 5. The van der Waals surface area contributed by atoms with Crippen LogP contribution in [0.4, 0.5) is 0 Å². The summed E-state index contributed by atoms with van der Waals surface area (Å²) in [5.41, 5.74) is 0.630. The normalized spacial score (nSPS) is 25.3. The zero-order valence-corrected chi connectivity index (χ0v) is 11.1. The number of aromatic nitrogens is 2. The number of aliphatic hydroxyl groups is 1. The van der Waals surface area contributed by atoms with Gasteiger partial charge in [-0.15, -0.1) is 0 Å². The predicted molar refractivity (Wildman–Crippen MR) is 63.5 cm³/mol. The van der Waals surface area contributed by atoms with Crippen molar-refractivity contribution in [3.63, 3.8) is 0 Å². The molecule has 1 saturated heterocycles. The van der Waals surface area contributed by atoms with Gasteiger partial charge in [0.25, 0.3) is 10.0 Å². The SMILES string of the molecule is Cc1cc(S(=O)(=O)N[C@@H]2CCOC[C@H]2O)n(C)n1. The van der Waals surface area contributed by atoms with Crippen molar-refractivity contribution in [1.82, 2.24) is 14.5 Å².